The number of unbranched alkanes of at least 4 members (excludes halogenated alkanes) is 3. The summed E-state index contributed by atoms with van der Waals surface area (Å²) in [5.41, 5.74) is 8.29. The molecule has 1 saturated heterocycles. The molecule has 0 spiro atoms. The van der Waals surface area contributed by atoms with Gasteiger partial charge in [0.2, 0.25) is 0 Å². The summed E-state index contributed by atoms with van der Waals surface area (Å²) in [5.74, 6) is 4.17. The molecule has 0 radical (unpaired) electrons. The van der Waals surface area contributed by atoms with Crippen molar-refractivity contribution in [2.24, 2.45) is 0 Å². The monoisotopic (exact) mass is 451 g/mol. The van der Waals surface area contributed by atoms with Crippen LogP contribution in [0.5, 0.6) is 5.75 Å². The minimum absolute atomic E-state index is 0.378. The van der Waals surface area contributed by atoms with E-state index in [1.807, 2.05) is 7.11 Å². The lowest BCUT2D eigenvalue weighted by atomic mass is 9.74. The van der Waals surface area contributed by atoms with E-state index in [2.05, 4.69) is 62.0 Å². The third-order valence-corrected chi connectivity index (χ3v) is 8.76. The SMILES string of the molecule is C=C(CCC)C1=CN2C(CC1=C)c1cc(OC)c(CCCCCC)cc1C1CSCCC12. The van der Waals surface area contributed by atoms with E-state index in [4.69, 9.17) is 4.74 Å². The van der Waals surface area contributed by atoms with Crippen molar-refractivity contribution in [3.8, 4) is 5.75 Å². The number of fused-ring (bicyclic) bond motifs is 6. The van der Waals surface area contributed by atoms with Crippen molar-refractivity contribution < 1.29 is 4.74 Å². The molecule has 1 aromatic rings. The second-order valence-corrected chi connectivity index (χ2v) is 11.0. The van der Waals surface area contributed by atoms with Gasteiger partial charge in [0.1, 0.15) is 5.75 Å². The van der Waals surface area contributed by atoms with Gasteiger partial charge in [0.05, 0.1) is 13.2 Å². The molecule has 174 valence electrons. The Hall–Kier alpha value is -1.61. The van der Waals surface area contributed by atoms with Crippen LogP contribution in [0.3, 0.4) is 0 Å². The van der Waals surface area contributed by atoms with Gasteiger partial charge >= 0.3 is 0 Å². The van der Waals surface area contributed by atoms with Crippen LogP contribution in [-0.2, 0) is 6.42 Å². The Kier molecular flexibility index (Phi) is 7.76. The van der Waals surface area contributed by atoms with Crippen molar-refractivity contribution >= 4 is 11.8 Å². The van der Waals surface area contributed by atoms with Gasteiger partial charge in [-0.2, -0.15) is 11.8 Å². The van der Waals surface area contributed by atoms with E-state index in [1.54, 1.807) is 5.56 Å². The molecule has 0 amide bonds. The molecule has 4 rings (SSSR count). The van der Waals surface area contributed by atoms with Crippen molar-refractivity contribution in [2.45, 2.75) is 89.6 Å². The Balaban J connectivity index is 1.72. The number of hydrogen-bond donors (Lipinski definition) is 0. The number of thioether (sulfide) groups is 1. The summed E-state index contributed by atoms with van der Waals surface area (Å²) in [6.07, 6.45) is 13.2. The molecule has 3 atom stereocenters. The van der Waals surface area contributed by atoms with Crippen LogP contribution in [0, 0.1) is 0 Å². The molecule has 1 aromatic carbocycles. The van der Waals surface area contributed by atoms with Gasteiger partial charge in [0.25, 0.3) is 0 Å². The lowest BCUT2D eigenvalue weighted by Crippen LogP contribution is -2.47. The summed E-state index contributed by atoms with van der Waals surface area (Å²) in [5, 5.41) is 0. The zero-order valence-electron chi connectivity index (χ0n) is 20.4. The average molecular weight is 452 g/mol. The smallest absolute Gasteiger partial charge is 0.122 e. The van der Waals surface area contributed by atoms with Crippen molar-refractivity contribution in [1.29, 1.82) is 0 Å². The first-order valence-corrected chi connectivity index (χ1v) is 13.9. The molecule has 0 saturated carbocycles. The lowest BCUT2D eigenvalue weighted by Gasteiger charge is -2.51. The number of ether oxygens (including phenoxy) is 1. The number of methoxy groups -OCH3 is 1. The third-order valence-electron chi connectivity index (χ3n) is 7.64. The molecule has 0 aromatic heterocycles. The second-order valence-electron chi connectivity index (χ2n) is 9.81. The molecule has 3 heterocycles. The summed E-state index contributed by atoms with van der Waals surface area (Å²) in [6, 6.07) is 5.87. The lowest BCUT2D eigenvalue weighted by molar-refractivity contribution is 0.148. The van der Waals surface area contributed by atoms with Gasteiger partial charge in [-0.25, -0.2) is 0 Å². The van der Waals surface area contributed by atoms with Gasteiger partial charge in [-0.15, -0.1) is 0 Å². The van der Waals surface area contributed by atoms with Crippen LogP contribution < -0.4 is 4.74 Å². The standard InChI is InChI=1S/C29H41NOS/c1-6-8-9-10-12-22-16-23-24(17-29(22)31-5)28-15-21(4)25(20(3)11-7-2)18-30(28)27-13-14-32-19-26(23)27/h16-18,26-28H,3-4,6-15,19H2,1-2,5H3. The van der Waals surface area contributed by atoms with Crippen molar-refractivity contribution in [3.05, 3.63) is 64.9 Å². The average Bonchev–Trinajstić information content (AvgIpc) is 2.81. The quantitative estimate of drug-likeness (QED) is 0.353. The van der Waals surface area contributed by atoms with Gasteiger partial charge in [-0.1, -0.05) is 58.8 Å². The zero-order valence-corrected chi connectivity index (χ0v) is 21.2. The Morgan fingerprint density at radius 2 is 2.00 bits per heavy atom. The highest BCUT2D eigenvalue weighted by molar-refractivity contribution is 7.99. The molecule has 3 aliphatic rings. The molecule has 32 heavy (non-hydrogen) atoms. The van der Waals surface area contributed by atoms with E-state index in [0.717, 1.165) is 31.4 Å². The van der Waals surface area contributed by atoms with E-state index in [0.29, 0.717) is 18.0 Å². The van der Waals surface area contributed by atoms with Gasteiger partial charge < -0.3 is 9.64 Å². The molecule has 0 aliphatic carbocycles. The molecule has 3 aliphatic heterocycles. The minimum Gasteiger partial charge on any atom is -0.496 e. The van der Waals surface area contributed by atoms with Crippen LogP contribution in [0.25, 0.3) is 0 Å². The number of hydrogen-bond acceptors (Lipinski definition) is 3. The summed E-state index contributed by atoms with van der Waals surface area (Å²) < 4.78 is 5.93. The van der Waals surface area contributed by atoms with Crippen molar-refractivity contribution in [3.63, 3.8) is 0 Å². The van der Waals surface area contributed by atoms with Crippen LogP contribution in [0.15, 0.2) is 48.2 Å². The molecule has 2 nitrogen and oxygen atoms in total. The molecular weight excluding hydrogens is 410 g/mol. The van der Waals surface area contributed by atoms with E-state index in [9.17, 15) is 0 Å². The van der Waals surface area contributed by atoms with Gasteiger partial charge in [0, 0.05) is 23.9 Å². The van der Waals surface area contributed by atoms with E-state index in [-0.39, 0.29) is 0 Å². The zero-order chi connectivity index (χ0) is 22.7. The summed E-state index contributed by atoms with van der Waals surface area (Å²) in [7, 11) is 1.84. The van der Waals surface area contributed by atoms with Crippen molar-refractivity contribution in [1.82, 2.24) is 4.90 Å². The van der Waals surface area contributed by atoms with Crippen LogP contribution >= 0.6 is 11.8 Å². The predicted molar refractivity (Wildman–Crippen MR) is 140 cm³/mol. The Bertz CT molecular complexity index is 885. The van der Waals surface area contributed by atoms with Crippen molar-refractivity contribution in [2.75, 3.05) is 18.6 Å². The van der Waals surface area contributed by atoms with E-state index >= 15 is 0 Å². The summed E-state index contributed by atoms with van der Waals surface area (Å²) in [6.45, 7) is 13.4. The maximum atomic E-state index is 5.93. The fourth-order valence-electron chi connectivity index (χ4n) is 5.93. The van der Waals surface area contributed by atoms with E-state index in [1.165, 1.54) is 71.5 Å². The molecule has 0 bridgehead atoms. The first-order chi connectivity index (χ1) is 15.6. The Morgan fingerprint density at radius 3 is 2.75 bits per heavy atom. The Labute approximate surface area is 200 Å². The number of allylic oxidation sites excluding steroid dienone is 2. The largest absolute Gasteiger partial charge is 0.496 e. The maximum absolute atomic E-state index is 5.93. The maximum Gasteiger partial charge on any atom is 0.122 e. The third kappa shape index (κ3) is 4.55. The van der Waals surface area contributed by atoms with Crippen LogP contribution in [0.4, 0.5) is 0 Å². The number of benzene rings is 1. The first-order valence-electron chi connectivity index (χ1n) is 12.7. The normalized spacial score (nSPS) is 24.3. The Morgan fingerprint density at radius 1 is 1.16 bits per heavy atom. The fourth-order valence-corrected chi connectivity index (χ4v) is 7.16. The van der Waals surface area contributed by atoms with E-state index < -0.39 is 0 Å². The summed E-state index contributed by atoms with van der Waals surface area (Å²) in [4.78, 5) is 2.69. The molecule has 1 fully saturated rings. The molecule has 3 heteroatoms. The number of aryl methyl sites for hydroxylation is 1. The topological polar surface area (TPSA) is 12.5 Å². The molecular formula is C29H41NOS. The highest BCUT2D eigenvalue weighted by Crippen LogP contribution is 2.52. The number of nitrogens with zero attached hydrogens (tertiary/aromatic N) is 1. The minimum atomic E-state index is 0.378. The number of rotatable bonds is 9. The summed E-state index contributed by atoms with van der Waals surface area (Å²) >= 11 is 2.13. The second kappa shape index (κ2) is 10.5. The molecule has 3 unspecified atom stereocenters. The van der Waals surface area contributed by atoms with Gasteiger partial charge in [-0.3, -0.25) is 0 Å². The van der Waals surface area contributed by atoms with Gasteiger partial charge in [-0.05, 0) is 77.3 Å². The van der Waals surface area contributed by atoms with Gasteiger partial charge in [0.15, 0.2) is 0 Å². The predicted octanol–water partition coefficient (Wildman–Crippen LogP) is 7.96. The fraction of sp³-hybridized carbons (Fsp3) is 0.586. The molecule has 0 N–H and O–H groups in total. The van der Waals surface area contributed by atoms with Crippen LogP contribution in [-0.4, -0.2) is 29.6 Å². The van der Waals surface area contributed by atoms with Crippen LogP contribution in [0.1, 0.15) is 93.9 Å². The van der Waals surface area contributed by atoms with Crippen LogP contribution in [0.2, 0.25) is 0 Å². The highest BCUT2D eigenvalue weighted by Gasteiger charge is 2.43. The highest BCUT2D eigenvalue weighted by atomic mass is 32.2. The first kappa shape index (κ1) is 23.5.